The van der Waals surface area contributed by atoms with Gasteiger partial charge in [0.05, 0.1) is 5.56 Å². The van der Waals surface area contributed by atoms with Crippen LogP contribution >= 0.6 is 0 Å². The maximum atomic E-state index is 12.3. The molecule has 2 heterocycles. The number of hydrogen-bond acceptors (Lipinski definition) is 4. The molecule has 0 saturated carbocycles. The lowest BCUT2D eigenvalue weighted by atomic mass is 10.1. The Morgan fingerprint density at radius 1 is 1.12 bits per heavy atom. The first-order chi connectivity index (χ1) is 12.0. The molecule has 1 amide bonds. The Labute approximate surface area is 149 Å². The van der Waals surface area contributed by atoms with Crippen molar-refractivity contribution in [3.63, 3.8) is 0 Å². The first-order valence-electron chi connectivity index (χ1n) is 8.76. The second-order valence-corrected chi connectivity index (χ2v) is 6.86. The molecule has 1 N–H and O–H groups in total. The molecule has 0 atom stereocenters. The van der Waals surface area contributed by atoms with Crippen LogP contribution < -0.4 is 5.32 Å². The van der Waals surface area contributed by atoms with Gasteiger partial charge in [-0.3, -0.25) is 14.7 Å². The molecule has 2 aromatic rings. The standard InChI is InChI=1S/C20H26N4O/c1-15-12-19(22-20(25)17-5-4-16(2)21-13-17)7-6-18(15)14-24-10-8-23(3)9-11-24/h4-7,12-13H,8-11,14H2,1-3H3,(H,22,25). The van der Waals surface area contributed by atoms with Crippen LogP contribution in [0.3, 0.4) is 0 Å². The van der Waals surface area contributed by atoms with E-state index in [2.05, 4.69) is 40.1 Å². The number of likely N-dealkylation sites (N-methyl/N-ethyl adjacent to an activating group) is 1. The van der Waals surface area contributed by atoms with E-state index in [-0.39, 0.29) is 5.91 Å². The van der Waals surface area contributed by atoms with Gasteiger partial charge in [0, 0.05) is 50.3 Å². The van der Waals surface area contributed by atoms with Gasteiger partial charge in [0.25, 0.3) is 5.91 Å². The van der Waals surface area contributed by atoms with Crippen molar-refractivity contribution in [1.82, 2.24) is 14.8 Å². The average molecular weight is 338 g/mol. The molecule has 132 valence electrons. The van der Waals surface area contributed by atoms with Gasteiger partial charge < -0.3 is 10.2 Å². The molecular formula is C20H26N4O. The lowest BCUT2D eigenvalue weighted by Crippen LogP contribution is -2.43. The average Bonchev–Trinajstić information content (AvgIpc) is 2.60. The van der Waals surface area contributed by atoms with Gasteiger partial charge in [-0.2, -0.15) is 0 Å². The van der Waals surface area contributed by atoms with E-state index in [4.69, 9.17) is 0 Å². The van der Waals surface area contributed by atoms with Crippen molar-refractivity contribution in [2.24, 2.45) is 0 Å². The highest BCUT2D eigenvalue weighted by Crippen LogP contribution is 2.18. The van der Waals surface area contributed by atoms with Crippen molar-refractivity contribution in [2.75, 3.05) is 38.5 Å². The number of nitrogens with one attached hydrogen (secondary N) is 1. The van der Waals surface area contributed by atoms with Crippen molar-refractivity contribution < 1.29 is 4.79 Å². The van der Waals surface area contributed by atoms with Crippen molar-refractivity contribution in [3.8, 4) is 0 Å². The lowest BCUT2D eigenvalue weighted by Gasteiger charge is -2.32. The summed E-state index contributed by atoms with van der Waals surface area (Å²) in [6.45, 7) is 9.44. The van der Waals surface area contributed by atoms with E-state index in [9.17, 15) is 4.79 Å². The number of aromatic nitrogens is 1. The quantitative estimate of drug-likeness (QED) is 0.931. The summed E-state index contributed by atoms with van der Waals surface area (Å²) in [5.74, 6) is -0.126. The first-order valence-corrected chi connectivity index (χ1v) is 8.76. The molecule has 3 rings (SSSR count). The van der Waals surface area contributed by atoms with Gasteiger partial charge in [-0.25, -0.2) is 0 Å². The van der Waals surface area contributed by atoms with Gasteiger partial charge in [0.2, 0.25) is 0 Å². The van der Waals surface area contributed by atoms with Crippen LogP contribution in [-0.4, -0.2) is 53.9 Å². The molecule has 0 aliphatic carbocycles. The molecule has 1 aromatic carbocycles. The monoisotopic (exact) mass is 338 g/mol. The normalized spacial score (nSPS) is 16.0. The highest BCUT2D eigenvalue weighted by atomic mass is 16.1. The smallest absolute Gasteiger partial charge is 0.257 e. The van der Waals surface area contributed by atoms with Crippen LogP contribution in [0.5, 0.6) is 0 Å². The van der Waals surface area contributed by atoms with Crippen LogP contribution in [0.4, 0.5) is 5.69 Å². The summed E-state index contributed by atoms with van der Waals surface area (Å²) in [6.07, 6.45) is 1.61. The first kappa shape index (κ1) is 17.6. The van der Waals surface area contributed by atoms with Crippen LogP contribution in [0.2, 0.25) is 0 Å². The Hall–Kier alpha value is -2.24. The minimum absolute atomic E-state index is 0.126. The molecule has 1 aliphatic heterocycles. The van der Waals surface area contributed by atoms with Crippen LogP contribution in [0.15, 0.2) is 36.5 Å². The number of aryl methyl sites for hydroxylation is 2. The van der Waals surface area contributed by atoms with Gasteiger partial charge >= 0.3 is 0 Å². The van der Waals surface area contributed by atoms with E-state index in [0.717, 1.165) is 44.1 Å². The van der Waals surface area contributed by atoms with E-state index in [1.54, 1.807) is 12.3 Å². The summed E-state index contributed by atoms with van der Waals surface area (Å²) in [4.78, 5) is 21.3. The van der Waals surface area contributed by atoms with E-state index in [1.807, 2.05) is 25.1 Å². The largest absolute Gasteiger partial charge is 0.322 e. The molecular weight excluding hydrogens is 312 g/mol. The molecule has 5 heteroatoms. The summed E-state index contributed by atoms with van der Waals surface area (Å²) in [5.41, 5.74) is 4.83. The minimum atomic E-state index is -0.126. The highest BCUT2D eigenvalue weighted by molar-refractivity contribution is 6.04. The molecule has 0 spiro atoms. The molecule has 1 aromatic heterocycles. The van der Waals surface area contributed by atoms with Crippen molar-refractivity contribution >= 4 is 11.6 Å². The SMILES string of the molecule is Cc1ccc(C(=O)Nc2ccc(CN3CCN(C)CC3)c(C)c2)cn1. The molecule has 1 fully saturated rings. The van der Waals surface area contributed by atoms with Crippen LogP contribution in [0.25, 0.3) is 0 Å². The van der Waals surface area contributed by atoms with E-state index in [0.29, 0.717) is 5.56 Å². The molecule has 5 nitrogen and oxygen atoms in total. The predicted octanol–water partition coefficient (Wildman–Crippen LogP) is 2.70. The maximum absolute atomic E-state index is 12.3. The summed E-state index contributed by atoms with van der Waals surface area (Å²) in [6, 6.07) is 9.80. The highest BCUT2D eigenvalue weighted by Gasteiger charge is 2.15. The second-order valence-electron chi connectivity index (χ2n) is 6.86. The fraction of sp³-hybridized carbons (Fsp3) is 0.400. The minimum Gasteiger partial charge on any atom is -0.322 e. The predicted molar refractivity (Wildman–Crippen MR) is 101 cm³/mol. The number of piperazine rings is 1. The Balaban J connectivity index is 1.63. The number of anilines is 1. The zero-order chi connectivity index (χ0) is 17.8. The molecule has 0 unspecified atom stereocenters. The molecule has 1 saturated heterocycles. The molecule has 1 aliphatic rings. The topological polar surface area (TPSA) is 48.5 Å². The molecule has 25 heavy (non-hydrogen) atoms. The fourth-order valence-corrected chi connectivity index (χ4v) is 3.00. The number of carbonyl (C=O) groups excluding carboxylic acids is 1. The van der Waals surface area contributed by atoms with Crippen molar-refractivity contribution in [1.29, 1.82) is 0 Å². The lowest BCUT2D eigenvalue weighted by molar-refractivity contribution is 0.102. The number of benzene rings is 1. The summed E-state index contributed by atoms with van der Waals surface area (Å²) >= 11 is 0. The van der Waals surface area contributed by atoms with Crippen LogP contribution in [0.1, 0.15) is 27.2 Å². The summed E-state index contributed by atoms with van der Waals surface area (Å²) < 4.78 is 0. The number of hydrogen-bond donors (Lipinski definition) is 1. The molecule has 0 radical (unpaired) electrons. The Kier molecular flexibility index (Phi) is 5.46. The van der Waals surface area contributed by atoms with Crippen LogP contribution in [-0.2, 0) is 6.54 Å². The Morgan fingerprint density at radius 3 is 2.52 bits per heavy atom. The number of pyridine rings is 1. The van der Waals surface area contributed by atoms with E-state index in [1.165, 1.54) is 11.1 Å². The maximum Gasteiger partial charge on any atom is 0.257 e. The van der Waals surface area contributed by atoms with Gasteiger partial charge in [-0.05, 0) is 56.3 Å². The Morgan fingerprint density at radius 2 is 1.88 bits per heavy atom. The third-order valence-electron chi connectivity index (χ3n) is 4.76. The van der Waals surface area contributed by atoms with Gasteiger partial charge in [-0.1, -0.05) is 6.07 Å². The van der Waals surface area contributed by atoms with Crippen molar-refractivity contribution in [2.45, 2.75) is 20.4 Å². The van der Waals surface area contributed by atoms with Gasteiger partial charge in [0.1, 0.15) is 0 Å². The molecule has 0 bridgehead atoms. The number of rotatable bonds is 4. The number of amides is 1. The van der Waals surface area contributed by atoms with Gasteiger partial charge in [0.15, 0.2) is 0 Å². The summed E-state index contributed by atoms with van der Waals surface area (Å²) in [7, 11) is 2.17. The summed E-state index contributed by atoms with van der Waals surface area (Å²) in [5, 5.41) is 2.96. The second kappa shape index (κ2) is 7.76. The zero-order valence-corrected chi connectivity index (χ0v) is 15.2. The fourth-order valence-electron chi connectivity index (χ4n) is 3.00. The third-order valence-corrected chi connectivity index (χ3v) is 4.76. The number of nitrogens with zero attached hydrogens (tertiary/aromatic N) is 3. The van der Waals surface area contributed by atoms with Crippen LogP contribution in [0, 0.1) is 13.8 Å². The van der Waals surface area contributed by atoms with Crippen molar-refractivity contribution in [3.05, 3.63) is 58.9 Å². The van der Waals surface area contributed by atoms with Gasteiger partial charge in [-0.15, -0.1) is 0 Å². The number of carbonyl (C=O) groups is 1. The zero-order valence-electron chi connectivity index (χ0n) is 15.2. The Bertz CT molecular complexity index is 734. The third kappa shape index (κ3) is 4.65. The van der Waals surface area contributed by atoms with E-state index < -0.39 is 0 Å². The van der Waals surface area contributed by atoms with E-state index >= 15 is 0 Å².